The third kappa shape index (κ3) is 2.20. The first-order valence-corrected chi connectivity index (χ1v) is 6.44. The van der Waals surface area contributed by atoms with Crippen LogP contribution in [0.25, 0.3) is 11.0 Å². The number of fused-ring (bicyclic) bond motifs is 1. The van der Waals surface area contributed by atoms with Gasteiger partial charge in [-0.25, -0.2) is 0 Å². The normalized spacial score (nSPS) is 10.4. The quantitative estimate of drug-likeness (QED) is 0.675. The Bertz CT molecular complexity index is 805. The van der Waals surface area contributed by atoms with Crippen molar-refractivity contribution in [2.24, 2.45) is 0 Å². The molecule has 0 radical (unpaired) electrons. The minimum atomic E-state index is 0.141. The van der Waals surface area contributed by atoms with Crippen LogP contribution in [0.3, 0.4) is 0 Å². The van der Waals surface area contributed by atoms with Crippen LogP contribution < -0.4 is 4.74 Å². The molecule has 0 aliphatic heterocycles. The van der Waals surface area contributed by atoms with Gasteiger partial charge in [0.25, 0.3) is 0 Å². The van der Waals surface area contributed by atoms with E-state index in [1.54, 1.807) is 24.5 Å². The minimum Gasteiger partial charge on any atom is -0.450 e. The fourth-order valence-electron chi connectivity index (χ4n) is 1.91. The summed E-state index contributed by atoms with van der Waals surface area (Å²) < 4.78 is 11.2. The molecule has 1 aromatic carbocycles. The van der Waals surface area contributed by atoms with Gasteiger partial charge in [-0.15, -0.1) is 11.6 Å². The van der Waals surface area contributed by atoms with Gasteiger partial charge in [0.05, 0.1) is 11.6 Å². The number of aromatic nitrogens is 1. The van der Waals surface area contributed by atoms with Crippen LogP contribution in [0.1, 0.15) is 11.3 Å². The molecule has 0 saturated heterocycles. The average Bonchev–Trinajstić information content (AvgIpc) is 2.85. The number of benzene rings is 1. The highest BCUT2D eigenvalue weighted by Crippen LogP contribution is 2.35. The number of alkyl halides is 1. The van der Waals surface area contributed by atoms with E-state index in [0.717, 1.165) is 10.9 Å². The minimum absolute atomic E-state index is 0.141. The fourth-order valence-corrected chi connectivity index (χ4v) is 2.05. The number of hydrogen-bond acceptors (Lipinski definition) is 4. The molecule has 4 nitrogen and oxygen atoms in total. The maximum atomic E-state index is 9.14. The number of hydrogen-bond donors (Lipinski definition) is 0. The van der Waals surface area contributed by atoms with Crippen LogP contribution in [0.2, 0.25) is 0 Å². The molecule has 2 heterocycles. The molecule has 0 spiro atoms. The van der Waals surface area contributed by atoms with E-state index in [9.17, 15) is 0 Å². The lowest BCUT2D eigenvalue weighted by Crippen LogP contribution is -1.88. The Morgan fingerprint density at radius 1 is 1.30 bits per heavy atom. The van der Waals surface area contributed by atoms with Crippen LogP contribution in [0, 0.1) is 11.3 Å². The zero-order chi connectivity index (χ0) is 13.9. The Balaban J connectivity index is 2.07. The van der Waals surface area contributed by atoms with Gasteiger partial charge in [-0.1, -0.05) is 12.1 Å². The summed E-state index contributed by atoms with van der Waals surface area (Å²) >= 11 is 5.77. The SMILES string of the molecule is N#Cc1oc2ccccc2c1Oc1cncc(CCl)c1. The van der Waals surface area contributed by atoms with E-state index >= 15 is 0 Å². The number of rotatable bonds is 3. The van der Waals surface area contributed by atoms with Crippen molar-refractivity contribution in [3.63, 3.8) is 0 Å². The molecule has 0 atom stereocenters. The van der Waals surface area contributed by atoms with Gasteiger partial charge in [-0.05, 0) is 23.8 Å². The number of para-hydroxylation sites is 1. The number of nitriles is 1. The molecule has 0 saturated carbocycles. The van der Waals surface area contributed by atoms with Crippen LogP contribution >= 0.6 is 11.6 Å². The molecule has 0 unspecified atom stereocenters. The van der Waals surface area contributed by atoms with E-state index in [1.807, 2.05) is 24.3 Å². The molecule has 0 aliphatic carbocycles. The highest BCUT2D eigenvalue weighted by atomic mass is 35.5. The molecule has 0 aliphatic rings. The lowest BCUT2D eigenvalue weighted by Gasteiger charge is -2.04. The Morgan fingerprint density at radius 2 is 2.15 bits per heavy atom. The summed E-state index contributed by atoms with van der Waals surface area (Å²) in [5.74, 6) is 1.41. The Labute approximate surface area is 120 Å². The zero-order valence-electron chi connectivity index (χ0n) is 10.3. The van der Waals surface area contributed by atoms with Crippen LogP contribution in [0.15, 0.2) is 47.1 Å². The molecule has 0 bridgehead atoms. The zero-order valence-corrected chi connectivity index (χ0v) is 11.1. The Morgan fingerprint density at radius 3 is 2.95 bits per heavy atom. The second kappa shape index (κ2) is 5.24. The van der Waals surface area contributed by atoms with E-state index < -0.39 is 0 Å². The molecule has 5 heteroatoms. The topological polar surface area (TPSA) is 59.0 Å². The predicted molar refractivity (Wildman–Crippen MR) is 74.8 cm³/mol. The van der Waals surface area contributed by atoms with Gasteiger partial charge < -0.3 is 9.15 Å². The summed E-state index contributed by atoms with van der Waals surface area (Å²) in [5, 5.41) is 9.89. The van der Waals surface area contributed by atoms with Crippen molar-refractivity contribution in [2.75, 3.05) is 0 Å². The number of pyridine rings is 1. The third-order valence-electron chi connectivity index (χ3n) is 2.80. The molecular weight excluding hydrogens is 276 g/mol. The van der Waals surface area contributed by atoms with E-state index in [4.69, 9.17) is 26.0 Å². The lowest BCUT2D eigenvalue weighted by atomic mass is 10.2. The van der Waals surface area contributed by atoms with Crippen molar-refractivity contribution in [2.45, 2.75) is 5.88 Å². The lowest BCUT2D eigenvalue weighted by molar-refractivity contribution is 0.464. The summed E-state index contributed by atoms with van der Waals surface area (Å²) in [6.45, 7) is 0. The van der Waals surface area contributed by atoms with E-state index in [2.05, 4.69) is 4.98 Å². The molecule has 20 heavy (non-hydrogen) atoms. The van der Waals surface area contributed by atoms with Gasteiger partial charge in [0.2, 0.25) is 5.76 Å². The van der Waals surface area contributed by atoms with Gasteiger partial charge in [-0.2, -0.15) is 5.26 Å². The van der Waals surface area contributed by atoms with Gasteiger partial charge in [0.15, 0.2) is 5.75 Å². The molecule has 0 amide bonds. The Hall–Kier alpha value is -2.51. The van der Waals surface area contributed by atoms with E-state index in [1.165, 1.54) is 0 Å². The van der Waals surface area contributed by atoms with E-state index in [-0.39, 0.29) is 5.76 Å². The van der Waals surface area contributed by atoms with Gasteiger partial charge in [0.1, 0.15) is 17.4 Å². The van der Waals surface area contributed by atoms with Crippen molar-refractivity contribution in [3.05, 3.63) is 54.0 Å². The second-order valence-corrected chi connectivity index (χ2v) is 4.40. The monoisotopic (exact) mass is 284 g/mol. The summed E-state index contributed by atoms with van der Waals surface area (Å²) in [5.41, 5.74) is 1.45. The third-order valence-corrected chi connectivity index (χ3v) is 3.10. The molecule has 0 fully saturated rings. The molecule has 3 rings (SSSR count). The maximum absolute atomic E-state index is 9.14. The first-order chi connectivity index (χ1) is 9.81. The van der Waals surface area contributed by atoms with Crippen molar-refractivity contribution in [1.82, 2.24) is 4.98 Å². The predicted octanol–water partition coefficient (Wildman–Crippen LogP) is 4.23. The fraction of sp³-hybridized carbons (Fsp3) is 0.0667. The second-order valence-electron chi connectivity index (χ2n) is 4.13. The van der Waals surface area contributed by atoms with Gasteiger partial charge in [-0.3, -0.25) is 4.98 Å². The number of nitrogens with zero attached hydrogens (tertiary/aromatic N) is 2. The summed E-state index contributed by atoms with van der Waals surface area (Å²) in [4.78, 5) is 4.05. The average molecular weight is 285 g/mol. The molecule has 0 N–H and O–H groups in total. The smallest absolute Gasteiger partial charge is 0.247 e. The van der Waals surface area contributed by atoms with Crippen LogP contribution in [-0.2, 0) is 5.88 Å². The first-order valence-electron chi connectivity index (χ1n) is 5.91. The van der Waals surface area contributed by atoms with Crippen molar-refractivity contribution in [3.8, 4) is 17.6 Å². The molecular formula is C15H9ClN2O2. The standard InChI is InChI=1S/C15H9ClN2O2/c16-6-10-5-11(9-18-8-10)19-15-12-3-1-2-4-13(12)20-14(15)7-17/h1-5,8-9H,6H2. The number of halogens is 1. The summed E-state index contributed by atoms with van der Waals surface area (Å²) in [6, 6.07) is 11.1. The molecule has 3 aromatic rings. The van der Waals surface area contributed by atoms with Crippen LogP contribution in [0.4, 0.5) is 0 Å². The van der Waals surface area contributed by atoms with Crippen molar-refractivity contribution < 1.29 is 9.15 Å². The van der Waals surface area contributed by atoms with Crippen LogP contribution in [-0.4, -0.2) is 4.98 Å². The Kier molecular flexibility index (Phi) is 3.28. The van der Waals surface area contributed by atoms with Crippen molar-refractivity contribution >= 4 is 22.6 Å². The highest BCUT2D eigenvalue weighted by Gasteiger charge is 2.16. The van der Waals surface area contributed by atoms with Crippen molar-refractivity contribution in [1.29, 1.82) is 5.26 Å². The molecule has 98 valence electrons. The summed E-state index contributed by atoms with van der Waals surface area (Å²) in [7, 11) is 0. The van der Waals surface area contributed by atoms with Crippen LogP contribution in [0.5, 0.6) is 11.5 Å². The number of ether oxygens (including phenoxy) is 1. The van der Waals surface area contributed by atoms with Gasteiger partial charge >= 0.3 is 0 Å². The number of furan rings is 1. The molecule has 2 aromatic heterocycles. The summed E-state index contributed by atoms with van der Waals surface area (Å²) in [6.07, 6.45) is 3.23. The largest absolute Gasteiger partial charge is 0.450 e. The van der Waals surface area contributed by atoms with Gasteiger partial charge in [0, 0.05) is 12.1 Å². The maximum Gasteiger partial charge on any atom is 0.247 e. The first kappa shape index (κ1) is 12.5. The van der Waals surface area contributed by atoms with E-state index in [0.29, 0.717) is 23.0 Å². The highest BCUT2D eigenvalue weighted by molar-refractivity contribution is 6.17.